The molecule has 5 nitrogen and oxygen atoms in total. The quantitative estimate of drug-likeness (QED) is 0.794. The SMILES string of the molecule is CCN(CCNC(=O)C=Cc1ccc(Cl)cc1)C(=O)OC(C)(C)C. The lowest BCUT2D eigenvalue weighted by Crippen LogP contribution is -2.41. The number of hydrogen-bond acceptors (Lipinski definition) is 3. The molecule has 24 heavy (non-hydrogen) atoms. The Morgan fingerprint density at radius 3 is 2.42 bits per heavy atom. The van der Waals surface area contributed by atoms with E-state index in [2.05, 4.69) is 5.32 Å². The van der Waals surface area contributed by atoms with Crippen LogP contribution in [-0.2, 0) is 9.53 Å². The summed E-state index contributed by atoms with van der Waals surface area (Å²) in [6.07, 6.45) is 2.78. The lowest BCUT2D eigenvalue weighted by Gasteiger charge is -2.26. The molecule has 0 spiro atoms. The van der Waals surface area contributed by atoms with E-state index in [4.69, 9.17) is 16.3 Å². The van der Waals surface area contributed by atoms with Crippen LogP contribution in [0.3, 0.4) is 0 Å². The van der Waals surface area contributed by atoms with Gasteiger partial charge in [-0.05, 0) is 51.5 Å². The highest BCUT2D eigenvalue weighted by atomic mass is 35.5. The summed E-state index contributed by atoms with van der Waals surface area (Å²) in [6, 6.07) is 7.18. The Bertz CT molecular complexity index is 577. The molecule has 6 heteroatoms. The van der Waals surface area contributed by atoms with Gasteiger partial charge in [0.15, 0.2) is 0 Å². The molecule has 2 amide bonds. The number of nitrogens with one attached hydrogen (secondary N) is 1. The van der Waals surface area contributed by atoms with Gasteiger partial charge in [0.05, 0.1) is 0 Å². The summed E-state index contributed by atoms with van der Waals surface area (Å²) < 4.78 is 5.31. The minimum absolute atomic E-state index is 0.217. The molecule has 0 saturated heterocycles. The summed E-state index contributed by atoms with van der Waals surface area (Å²) in [5.74, 6) is -0.217. The molecule has 0 heterocycles. The van der Waals surface area contributed by atoms with Crippen LogP contribution in [0.5, 0.6) is 0 Å². The van der Waals surface area contributed by atoms with E-state index >= 15 is 0 Å². The largest absolute Gasteiger partial charge is 0.444 e. The van der Waals surface area contributed by atoms with Crippen molar-refractivity contribution < 1.29 is 14.3 Å². The van der Waals surface area contributed by atoms with Crippen LogP contribution in [0.15, 0.2) is 30.3 Å². The predicted octanol–water partition coefficient (Wildman–Crippen LogP) is 3.73. The lowest BCUT2D eigenvalue weighted by molar-refractivity contribution is -0.116. The molecule has 0 saturated carbocycles. The van der Waals surface area contributed by atoms with Gasteiger partial charge >= 0.3 is 6.09 Å². The van der Waals surface area contributed by atoms with Gasteiger partial charge in [-0.2, -0.15) is 0 Å². The minimum Gasteiger partial charge on any atom is -0.444 e. The fourth-order valence-electron chi connectivity index (χ4n) is 1.82. The minimum atomic E-state index is -0.533. The van der Waals surface area contributed by atoms with Crippen molar-refractivity contribution in [2.45, 2.75) is 33.3 Å². The third-order valence-electron chi connectivity index (χ3n) is 3.01. The second-order valence-corrected chi connectivity index (χ2v) is 6.67. The van der Waals surface area contributed by atoms with Crippen molar-refractivity contribution in [3.8, 4) is 0 Å². The van der Waals surface area contributed by atoms with Crippen molar-refractivity contribution in [3.05, 3.63) is 40.9 Å². The number of likely N-dealkylation sites (N-methyl/N-ethyl adjacent to an activating group) is 1. The Morgan fingerprint density at radius 2 is 1.88 bits per heavy atom. The van der Waals surface area contributed by atoms with Gasteiger partial charge in [-0.15, -0.1) is 0 Å². The molecule has 0 aliphatic rings. The number of amides is 2. The summed E-state index contributed by atoms with van der Waals surface area (Å²) in [4.78, 5) is 25.3. The second-order valence-electron chi connectivity index (χ2n) is 6.24. The average Bonchev–Trinajstić information content (AvgIpc) is 2.49. The maximum Gasteiger partial charge on any atom is 0.410 e. The Balaban J connectivity index is 2.40. The highest BCUT2D eigenvalue weighted by molar-refractivity contribution is 6.30. The van der Waals surface area contributed by atoms with Gasteiger partial charge in [0.2, 0.25) is 5.91 Å². The standard InChI is InChI=1S/C18H25ClN2O3/c1-5-21(17(23)24-18(2,3)4)13-12-20-16(22)11-8-14-6-9-15(19)10-7-14/h6-11H,5,12-13H2,1-4H3,(H,20,22). The first kappa shape index (κ1) is 20.0. The summed E-state index contributed by atoms with van der Waals surface area (Å²) in [7, 11) is 0. The fourth-order valence-corrected chi connectivity index (χ4v) is 1.95. The van der Waals surface area contributed by atoms with Crippen LogP contribution in [0.25, 0.3) is 6.08 Å². The van der Waals surface area contributed by atoms with Crippen LogP contribution in [0, 0.1) is 0 Å². The summed E-state index contributed by atoms with van der Waals surface area (Å²) in [6.45, 7) is 8.60. The van der Waals surface area contributed by atoms with E-state index in [0.717, 1.165) is 5.56 Å². The van der Waals surface area contributed by atoms with Gasteiger partial charge in [-0.25, -0.2) is 4.79 Å². The van der Waals surface area contributed by atoms with Gasteiger partial charge in [0, 0.05) is 30.7 Å². The van der Waals surface area contributed by atoms with Crippen molar-refractivity contribution >= 4 is 29.7 Å². The summed E-state index contributed by atoms with van der Waals surface area (Å²) in [5.41, 5.74) is 0.355. The van der Waals surface area contributed by atoms with Crippen LogP contribution in [-0.4, -0.2) is 42.1 Å². The highest BCUT2D eigenvalue weighted by Crippen LogP contribution is 2.11. The Kier molecular flexibility index (Phi) is 7.79. The van der Waals surface area contributed by atoms with Crippen molar-refractivity contribution in [1.29, 1.82) is 0 Å². The first-order valence-electron chi connectivity index (χ1n) is 7.90. The normalized spacial score (nSPS) is 11.4. The van der Waals surface area contributed by atoms with E-state index in [1.807, 2.05) is 39.8 Å². The first-order valence-corrected chi connectivity index (χ1v) is 8.28. The predicted molar refractivity (Wildman–Crippen MR) is 97.0 cm³/mol. The molecule has 0 bridgehead atoms. The number of nitrogens with zero attached hydrogens (tertiary/aromatic N) is 1. The maximum absolute atomic E-state index is 12.0. The van der Waals surface area contributed by atoms with E-state index in [9.17, 15) is 9.59 Å². The summed E-state index contributed by atoms with van der Waals surface area (Å²) in [5, 5.41) is 3.40. The van der Waals surface area contributed by atoms with Crippen LogP contribution in [0.1, 0.15) is 33.3 Å². The average molecular weight is 353 g/mol. The fraction of sp³-hybridized carbons (Fsp3) is 0.444. The third-order valence-corrected chi connectivity index (χ3v) is 3.26. The van der Waals surface area contributed by atoms with Crippen LogP contribution >= 0.6 is 11.6 Å². The van der Waals surface area contributed by atoms with E-state index < -0.39 is 5.60 Å². The van der Waals surface area contributed by atoms with Crippen molar-refractivity contribution in [3.63, 3.8) is 0 Å². The number of halogens is 1. The zero-order valence-electron chi connectivity index (χ0n) is 14.6. The van der Waals surface area contributed by atoms with E-state index in [-0.39, 0.29) is 12.0 Å². The molecule has 0 fully saturated rings. The summed E-state index contributed by atoms with van der Waals surface area (Å²) >= 11 is 5.81. The number of benzene rings is 1. The number of rotatable bonds is 6. The van der Waals surface area contributed by atoms with Crippen molar-refractivity contribution in [2.24, 2.45) is 0 Å². The number of hydrogen-bond donors (Lipinski definition) is 1. The van der Waals surface area contributed by atoms with Crippen molar-refractivity contribution in [1.82, 2.24) is 10.2 Å². The molecule has 0 unspecified atom stereocenters. The first-order chi connectivity index (χ1) is 11.2. The maximum atomic E-state index is 12.0. The Hall–Kier alpha value is -2.01. The number of ether oxygens (including phenoxy) is 1. The van der Waals surface area contributed by atoms with Crippen LogP contribution in [0.4, 0.5) is 4.79 Å². The molecular weight excluding hydrogens is 328 g/mol. The molecule has 0 aliphatic carbocycles. The molecule has 132 valence electrons. The molecule has 0 atom stereocenters. The molecule has 1 N–H and O–H groups in total. The van der Waals surface area contributed by atoms with Crippen LogP contribution < -0.4 is 5.32 Å². The highest BCUT2D eigenvalue weighted by Gasteiger charge is 2.20. The number of carbonyl (C=O) groups excluding carboxylic acids is 2. The van der Waals surface area contributed by atoms with Gasteiger partial charge in [-0.3, -0.25) is 4.79 Å². The topological polar surface area (TPSA) is 58.6 Å². The molecular formula is C18H25ClN2O3. The molecule has 1 aromatic carbocycles. The molecule has 1 rings (SSSR count). The van der Waals surface area contributed by atoms with Crippen molar-refractivity contribution in [2.75, 3.05) is 19.6 Å². The Labute approximate surface area is 148 Å². The zero-order valence-corrected chi connectivity index (χ0v) is 15.4. The molecule has 0 radical (unpaired) electrons. The zero-order chi connectivity index (χ0) is 18.2. The van der Waals surface area contributed by atoms with E-state index in [1.54, 1.807) is 23.1 Å². The molecule has 1 aromatic rings. The van der Waals surface area contributed by atoms with Gasteiger partial charge in [0.25, 0.3) is 0 Å². The van der Waals surface area contributed by atoms with Gasteiger partial charge in [0.1, 0.15) is 5.60 Å². The lowest BCUT2D eigenvalue weighted by atomic mass is 10.2. The smallest absolute Gasteiger partial charge is 0.410 e. The molecule has 0 aliphatic heterocycles. The molecule has 0 aromatic heterocycles. The Morgan fingerprint density at radius 1 is 1.25 bits per heavy atom. The second kappa shape index (κ2) is 9.33. The van der Waals surface area contributed by atoms with Crippen LogP contribution in [0.2, 0.25) is 5.02 Å². The van der Waals surface area contributed by atoms with E-state index in [0.29, 0.717) is 24.7 Å². The third kappa shape index (κ3) is 8.02. The van der Waals surface area contributed by atoms with Gasteiger partial charge < -0.3 is 15.0 Å². The van der Waals surface area contributed by atoms with Gasteiger partial charge in [-0.1, -0.05) is 23.7 Å². The monoisotopic (exact) mass is 352 g/mol. The van der Waals surface area contributed by atoms with E-state index in [1.165, 1.54) is 6.08 Å². The number of carbonyl (C=O) groups is 2.